The minimum atomic E-state index is -0.0295. The van der Waals surface area contributed by atoms with Crippen molar-refractivity contribution in [2.24, 2.45) is 0 Å². The molecule has 1 amide bonds. The number of methoxy groups -OCH3 is 2. The van der Waals surface area contributed by atoms with Gasteiger partial charge in [0.1, 0.15) is 5.37 Å². The fraction of sp³-hybridized carbons (Fsp3) is 0.611. The number of thioether (sulfide) groups is 1. The van der Waals surface area contributed by atoms with Gasteiger partial charge >= 0.3 is 0 Å². The Balaban J connectivity index is 2.02. The number of hydrogen-bond acceptors (Lipinski definition) is 5. The molecule has 1 aromatic carbocycles. The van der Waals surface area contributed by atoms with Crippen LogP contribution in [0.5, 0.6) is 11.5 Å². The first-order valence-corrected chi connectivity index (χ1v) is 9.47. The third kappa shape index (κ3) is 4.57. The summed E-state index contributed by atoms with van der Waals surface area (Å²) in [7, 11) is 3.26. The molecule has 1 saturated heterocycles. The number of unbranched alkanes of at least 4 members (excludes halogenated alkanes) is 1. The monoisotopic (exact) mass is 353 g/mol. The Morgan fingerprint density at radius 1 is 1.21 bits per heavy atom. The van der Waals surface area contributed by atoms with E-state index in [9.17, 15) is 4.79 Å². The van der Waals surface area contributed by atoms with Gasteiger partial charge in [-0.3, -0.25) is 4.79 Å². The molecule has 1 unspecified atom stereocenters. The zero-order valence-electron chi connectivity index (χ0n) is 14.7. The summed E-state index contributed by atoms with van der Waals surface area (Å²) in [4.78, 5) is 14.2. The molecule has 0 bridgehead atoms. The van der Waals surface area contributed by atoms with E-state index in [1.807, 2.05) is 23.1 Å². The average Bonchev–Trinajstić information content (AvgIpc) is 2.97. The number of carbonyl (C=O) groups is 1. The molecule has 24 heavy (non-hydrogen) atoms. The van der Waals surface area contributed by atoms with Gasteiger partial charge < -0.3 is 19.1 Å². The zero-order valence-corrected chi connectivity index (χ0v) is 15.6. The molecule has 0 saturated carbocycles. The van der Waals surface area contributed by atoms with E-state index >= 15 is 0 Å². The van der Waals surface area contributed by atoms with E-state index in [4.69, 9.17) is 14.2 Å². The van der Waals surface area contributed by atoms with Crippen LogP contribution in [-0.2, 0) is 9.53 Å². The highest BCUT2D eigenvalue weighted by atomic mass is 32.2. The summed E-state index contributed by atoms with van der Waals surface area (Å²) in [5, 5.41) is -0.0295. The lowest BCUT2D eigenvalue weighted by atomic mass is 10.1. The van der Waals surface area contributed by atoms with E-state index in [-0.39, 0.29) is 11.3 Å². The predicted octanol–water partition coefficient (Wildman–Crippen LogP) is 3.48. The van der Waals surface area contributed by atoms with E-state index in [2.05, 4.69) is 6.92 Å². The molecule has 134 valence electrons. The van der Waals surface area contributed by atoms with Crippen molar-refractivity contribution in [1.29, 1.82) is 0 Å². The summed E-state index contributed by atoms with van der Waals surface area (Å²) < 4.78 is 16.5. The molecule has 6 heteroatoms. The third-order valence-electron chi connectivity index (χ3n) is 4.00. The molecule has 5 nitrogen and oxygen atoms in total. The van der Waals surface area contributed by atoms with Crippen molar-refractivity contribution in [3.63, 3.8) is 0 Å². The first-order chi connectivity index (χ1) is 11.7. The fourth-order valence-corrected chi connectivity index (χ4v) is 3.98. The number of hydrogen-bond donors (Lipinski definition) is 0. The Morgan fingerprint density at radius 2 is 2.00 bits per heavy atom. The van der Waals surface area contributed by atoms with E-state index < -0.39 is 0 Å². The lowest BCUT2D eigenvalue weighted by Gasteiger charge is -2.26. The number of para-hydroxylation sites is 1. The number of nitrogens with zero attached hydrogens (tertiary/aromatic N) is 1. The zero-order chi connectivity index (χ0) is 17.4. The van der Waals surface area contributed by atoms with E-state index in [0.29, 0.717) is 30.4 Å². The normalized spacial score (nSPS) is 17.4. The van der Waals surface area contributed by atoms with Crippen LogP contribution >= 0.6 is 11.8 Å². The van der Waals surface area contributed by atoms with Crippen molar-refractivity contribution in [2.75, 3.05) is 39.7 Å². The lowest BCUT2D eigenvalue weighted by molar-refractivity contribution is -0.128. The number of ether oxygens (including phenoxy) is 3. The van der Waals surface area contributed by atoms with Crippen molar-refractivity contribution in [3.05, 3.63) is 23.8 Å². The van der Waals surface area contributed by atoms with Gasteiger partial charge in [0.2, 0.25) is 5.91 Å². The van der Waals surface area contributed by atoms with Gasteiger partial charge in [-0.15, -0.1) is 11.8 Å². The van der Waals surface area contributed by atoms with Crippen molar-refractivity contribution in [2.45, 2.75) is 31.6 Å². The van der Waals surface area contributed by atoms with Gasteiger partial charge in [-0.1, -0.05) is 25.5 Å². The number of amides is 1. The second-order valence-corrected chi connectivity index (χ2v) is 6.72. The van der Waals surface area contributed by atoms with Crippen LogP contribution in [0.1, 0.15) is 37.1 Å². The topological polar surface area (TPSA) is 48.0 Å². The molecule has 1 heterocycles. The quantitative estimate of drug-likeness (QED) is 0.603. The third-order valence-corrected chi connectivity index (χ3v) is 5.24. The van der Waals surface area contributed by atoms with Crippen molar-refractivity contribution in [3.8, 4) is 11.5 Å². The van der Waals surface area contributed by atoms with Crippen LogP contribution in [0.4, 0.5) is 0 Å². The Bertz CT molecular complexity index is 538. The second-order valence-electron chi connectivity index (χ2n) is 5.65. The van der Waals surface area contributed by atoms with Gasteiger partial charge in [0.15, 0.2) is 11.5 Å². The molecular weight excluding hydrogens is 326 g/mol. The smallest absolute Gasteiger partial charge is 0.233 e. The number of carbonyl (C=O) groups excluding carboxylic acids is 1. The number of rotatable bonds is 10. The molecule has 1 aromatic rings. The van der Waals surface area contributed by atoms with Gasteiger partial charge in [0.05, 0.1) is 20.0 Å². The van der Waals surface area contributed by atoms with Crippen LogP contribution in [0.2, 0.25) is 0 Å². The first kappa shape index (κ1) is 18.9. The van der Waals surface area contributed by atoms with Gasteiger partial charge in [-0.2, -0.15) is 0 Å². The standard InChI is InChI=1S/C18H27NO4S/c1-4-5-11-23-12-7-10-19-16(20)13-24-18(19)14-8-6-9-15(21-2)17(14)22-3/h6,8-9,18H,4-5,7,10-13H2,1-3H3. The Labute approximate surface area is 148 Å². The highest BCUT2D eigenvalue weighted by molar-refractivity contribution is 8.00. The lowest BCUT2D eigenvalue weighted by Crippen LogP contribution is -2.30. The summed E-state index contributed by atoms with van der Waals surface area (Å²) in [5.74, 6) is 2.07. The van der Waals surface area contributed by atoms with Crippen molar-refractivity contribution in [1.82, 2.24) is 4.90 Å². The molecular formula is C18H27NO4S. The van der Waals surface area contributed by atoms with E-state index in [0.717, 1.165) is 31.4 Å². The first-order valence-electron chi connectivity index (χ1n) is 8.42. The Kier molecular flexibility index (Phi) is 7.72. The molecule has 1 aliphatic rings. The molecule has 0 aliphatic carbocycles. The molecule has 1 atom stereocenters. The highest BCUT2D eigenvalue weighted by Crippen LogP contribution is 2.45. The van der Waals surface area contributed by atoms with Gasteiger partial charge in [0, 0.05) is 25.3 Å². The van der Waals surface area contributed by atoms with Crippen LogP contribution in [-0.4, -0.2) is 50.5 Å². The van der Waals surface area contributed by atoms with Crippen LogP contribution < -0.4 is 9.47 Å². The maximum absolute atomic E-state index is 12.3. The molecule has 1 fully saturated rings. The summed E-state index contributed by atoms with van der Waals surface area (Å²) in [6.45, 7) is 4.33. The summed E-state index contributed by atoms with van der Waals surface area (Å²) >= 11 is 1.63. The van der Waals surface area contributed by atoms with E-state index in [1.54, 1.807) is 26.0 Å². The van der Waals surface area contributed by atoms with Crippen molar-refractivity contribution < 1.29 is 19.0 Å². The average molecular weight is 353 g/mol. The largest absolute Gasteiger partial charge is 0.493 e. The fourth-order valence-electron chi connectivity index (χ4n) is 2.75. The van der Waals surface area contributed by atoms with Gasteiger partial charge in [0.25, 0.3) is 0 Å². The molecule has 2 rings (SSSR count). The van der Waals surface area contributed by atoms with Gasteiger partial charge in [-0.05, 0) is 18.9 Å². The maximum atomic E-state index is 12.3. The molecule has 0 radical (unpaired) electrons. The molecule has 0 aromatic heterocycles. The van der Waals surface area contributed by atoms with Crippen LogP contribution in [0.3, 0.4) is 0 Å². The Morgan fingerprint density at radius 3 is 2.71 bits per heavy atom. The van der Waals surface area contributed by atoms with E-state index in [1.165, 1.54) is 0 Å². The summed E-state index contributed by atoms with van der Waals surface area (Å²) in [6.07, 6.45) is 3.07. The molecule has 0 N–H and O–H groups in total. The minimum absolute atomic E-state index is 0.0295. The summed E-state index contributed by atoms with van der Waals surface area (Å²) in [5.41, 5.74) is 0.986. The predicted molar refractivity (Wildman–Crippen MR) is 96.8 cm³/mol. The maximum Gasteiger partial charge on any atom is 0.233 e. The molecule has 1 aliphatic heterocycles. The number of benzene rings is 1. The minimum Gasteiger partial charge on any atom is -0.493 e. The van der Waals surface area contributed by atoms with Crippen molar-refractivity contribution >= 4 is 17.7 Å². The van der Waals surface area contributed by atoms with Crippen LogP contribution in [0.15, 0.2) is 18.2 Å². The highest BCUT2D eigenvalue weighted by Gasteiger charge is 2.34. The second kappa shape index (κ2) is 9.79. The SMILES string of the molecule is CCCCOCCCN1C(=O)CSC1c1cccc(OC)c1OC. The molecule has 0 spiro atoms. The Hall–Kier alpha value is -1.40. The van der Waals surface area contributed by atoms with Crippen LogP contribution in [0.25, 0.3) is 0 Å². The summed E-state index contributed by atoms with van der Waals surface area (Å²) in [6, 6.07) is 5.81. The van der Waals surface area contributed by atoms with Crippen LogP contribution in [0, 0.1) is 0 Å². The van der Waals surface area contributed by atoms with Gasteiger partial charge in [-0.25, -0.2) is 0 Å².